The average molecular weight is 322 g/mol. The quantitative estimate of drug-likeness (QED) is 0.779. The smallest absolute Gasteiger partial charge is 0.401 e. The summed E-state index contributed by atoms with van der Waals surface area (Å²) in [5, 5.41) is 0. The molecule has 0 fully saturated rings. The molecule has 0 radical (unpaired) electrons. The Morgan fingerprint density at radius 1 is 0.864 bits per heavy atom. The Morgan fingerprint density at radius 2 is 1.36 bits per heavy atom. The number of rotatable bonds is 1. The van der Waals surface area contributed by atoms with Crippen molar-refractivity contribution >= 4 is 5.57 Å². The first-order valence-electron chi connectivity index (χ1n) is 6.15. The lowest BCUT2D eigenvalue weighted by Gasteiger charge is -2.44. The maximum atomic E-state index is 13.3. The van der Waals surface area contributed by atoms with E-state index in [0.29, 0.717) is 6.08 Å². The van der Waals surface area contributed by atoms with Gasteiger partial charge in [0.25, 0.3) is 0 Å². The van der Waals surface area contributed by atoms with Gasteiger partial charge in [-0.2, -0.15) is 26.3 Å². The zero-order chi connectivity index (χ0) is 16.8. The highest BCUT2D eigenvalue weighted by Crippen LogP contribution is 2.58. The van der Waals surface area contributed by atoms with Crippen molar-refractivity contribution in [2.45, 2.75) is 18.4 Å². The molecule has 120 valence electrons. The predicted molar refractivity (Wildman–Crippen MR) is 69.2 cm³/mol. The van der Waals surface area contributed by atoms with Gasteiger partial charge in [0.2, 0.25) is 5.41 Å². The van der Waals surface area contributed by atoms with E-state index in [0.717, 1.165) is 6.08 Å². The molecule has 0 bridgehead atoms. The number of allylic oxidation sites excluding steroid dienone is 2. The Bertz CT molecular complexity index is 598. The Hall–Kier alpha value is -1.96. The standard InChI is InChI=1S/C14H12F6N2/c15-13(16,17)12(14(18,19)20)10(21)7-6-9(11(12)22)8-4-2-1-3-5-8/h1-7,11H,21-22H2. The third kappa shape index (κ3) is 2.18. The first kappa shape index (κ1) is 16.4. The van der Waals surface area contributed by atoms with Crippen LogP contribution in [0.15, 0.2) is 48.2 Å². The maximum absolute atomic E-state index is 13.3. The van der Waals surface area contributed by atoms with Crippen molar-refractivity contribution in [3.63, 3.8) is 0 Å². The summed E-state index contributed by atoms with van der Waals surface area (Å²) in [6.07, 6.45) is -9.66. The molecule has 0 saturated carbocycles. The first-order chi connectivity index (χ1) is 10.0. The van der Waals surface area contributed by atoms with Crippen molar-refractivity contribution in [2.24, 2.45) is 16.9 Å². The minimum absolute atomic E-state index is 0.177. The van der Waals surface area contributed by atoms with E-state index < -0.39 is 29.5 Å². The molecule has 1 atom stereocenters. The summed E-state index contributed by atoms with van der Waals surface area (Å²) in [7, 11) is 0. The molecule has 2 nitrogen and oxygen atoms in total. The Kier molecular flexibility index (Phi) is 3.76. The topological polar surface area (TPSA) is 52.0 Å². The minimum atomic E-state index is -5.68. The normalized spacial score (nSPS) is 22.0. The summed E-state index contributed by atoms with van der Waals surface area (Å²) >= 11 is 0. The van der Waals surface area contributed by atoms with Gasteiger partial charge >= 0.3 is 12.4 Å². The molecule has 1 aliphatic carbocycles. The third-order valence-electron chi connectivity index (χ3n) is 3.70. The first-order valence-corrected chi connectivity index (χ1v) is 6.15. The molecule has 0 spiro atoms. The van der Waals surface area contributed by atoms with Crippen molar-refractivity contribution in [1.82, 2.24) is 0 Å². The van der Waals surface area contributed by atoms with E-state index in [-0.39, 0.29) is 11.1 Å². The van der Waals surface area contributed by atoms with Crippen LogP contribution in [0, 0.1) is 5.41 Å². The van der Waals surface area contributed by atoms with Crippen LogP contribution in [0.3, 0.4) is 0 Å². The van der Waals surface area contributed by atoms with Gasteiger partial charge in [-0.15, -0.1) is 0 Å². The highest BCUT2D eigenvalue weighted by Gasteiger charge is 2.76. The van der Waals surface area contributed by atoms with Crippen LogP contribution in [0.5, 0.6) is 0 Å². The van der Waals surface area contributed by atoms with E-state index in [2.05, 4.69) is 0 Å². The molecule has 1 aromatic carbocycles. The average Bonchev–Trinajstić information content (AvgIpc) is 2.37. The van der Waals surface area contributed by atoms with Crippen molar-refractivity contribution in [2.75, 3.05) is 0 Å². The van der Waals surface area contributed by atoms with Crippen LogP contribution < -0.4 is 11.5 Å². The van der Waals surface area contributed by atoms with Gasteiger partial charge in [-0.1, -0.05) is 36.4 Å². The number of hydrogen-bond donors (Lipinski definition) is 2. The van der Waals surface area contributed by atoms with E-state index in [1.165, 1.54) is 24.3 Å². The van der Waals surface area contributed by atoms with Crippen LogP contribution in [-0.2, 0) is 0 Å². The van der Waals surface area contributed by atoms with Crippen molar-refractivity contribution in [3.05, 3.63) is 53.7 Å². The van der Waals surface area contributed by atoms with E-state index in [1.807, 2.05) is 0 Å². The van der Waals surface area contributed by atoms with E-state index in [1.54, 1.807) is 6.07 Å². The van der Waals surface area contributed by atoms with Crippen molar-refractivity contribution in [1.29, 1.82) is 0 Å². The van der Waals surface area contributed by atoms with Gasteiger partial charge in [-0.3, -0.25) is 0 Å². The second kappa shape index (κ2) is 5.05. The fourth-order valence-corrected chi connectivity index (χ4v) is 2.57. The Balaban J connectivity index is 2.69. The van der Waals surface area contributed by atoms with Crippen LogP contribution in [-0.4, -0.2) is 18.4 Å². The molecular formula is C14H12F6N2. The lowest BCUT2D eigenvalue weighted by Crippen LogP contribution is -2.64. The Morgan fingerprint density at radius 3 is 1.82 bits per heavy atom. The van der Waals surface area contributed by atoms with Crippen molar-refractivity contribution < 1.29 is 26.3 Å². The molecule has 1 aliphatic rings. The number of alkyl halides is 6. The SMILES string of the molecule is NC1=CC=C(c2ccccc2)C(N)C1(C(F)(F)F)C(F)(F)F. The second-order valence-electron chi connectivity index (χ2n) is 4.89. The van der Waals surface area contributed by atoms with Crippen LogP contribution in [0.2, 0.25) is 0 Å². The summed E-state index contributed by atoms with van der Waals surface area (Å²) < 4.78 is 80.0. The van der Waals surface area contributed by atoms with Crippen molar-refractivity contribution in [3.8, 4) is 0 Å². The number of halogens is 6. The molecule has 2 rings (SSSR count). The largest absolute Gasteiger partial charge is 0.410 e. The zero-order valence-corrected chi connectivity index (χ0v) is 11.0. The highest BCUT2D eigenvalue weighted by atomic mass is 19.4. The van der Waals surface area contributed by atoms with Crippen LogP contribution >= 0.6 is 0 Å². The number of benzene rings is 1. The molecule has 4 N–H and O–H groups in total. The van der Waals surface area contributed by atoms with Gasteiger partial charge in [0, 0.05) is 5.70 Å². The van der Waals surface area contributed by atoms with E-state index >= 15 is 0 Å². The molecule has 1 unspecified atom stereocenters. The van der Waals surface area contributed by atoms with Gasteiger partial charge in [0.1, 0.15) is 0 Å². The monoisotopic (exact) mass is 322 g/mol. The molecule has 0 saturated heterocycles. The number of hydrogen-bond acceptors (Lipinski definition) is 2. The molecule has 0 aromatic heterocycles. The van der Waals surface area contributed by atoms with E-state index in [9.17, 15) is 26.3 Å². The molecule has 8 heteroatoms. The summed E-state index contributed by atoms with van der Waals surface area (Å²) in [4.78, 5) is 0. The van der Waals surface area contributed by atoms with Crippen LogP contribution in [0.1, 0.15) is 5.56 Å². The predicted octanol–water partition coefficient (Wildman–Crippen LogP) is 3.36. The lowest BCUT2D eigenvalue weighted by molar-refractivity contribution is -0.328. The van der Waals surface area contributed by atoms with Gasteiger partial charge in [-0.25, -0.2) is 0 Å². The zero-order valence-electron chi connectivity index (χ0n) is 11.0. The molecule has 22 heavy (non-hydrogen) atoms. The van der Waals surface area contributed by atoms with Gasteiger partial charge < -0.3 is 11.5 Å². The summed E-state index contributed by atoms with van der Waals surface area (Å²) in [6, 6.07) is 4.96. The molecule has 0 heterocycles. The fourth-order valence-electron chi connectivity index (χ4n) is 2.57. The summed E-state index contributed by atoms with van der Waals surface area (Å²) in [5.74, 6) is 0. The van der Waals surface area contributed by atoms with E-state index in [4.69, 9.17) is 11.5 Å². The molecule has 1 aromatic rings. The van der Waals surface area contributed by atoms with Crippen LogP contribution in [0.4, 0.5) is 26.3 Å². The third-order valence-corrected chi connectivity index (χ3v) is 3.70. The van der Waals surface area contributed by atoms with Gasteiger partial charge in [0.15, 0.2) is 0 Å². The van der Waals surface area contributed by atoms with Gasteiger partial charge in [-0.05, 0) is 17.2 Å². The van der Waals surface area contributed by atoms with Crippen LogP contribution in [0.25, 0.3) is 5.57 Å². The number of nitrogens with two attached hydrogens (primary N) is 2. The maximum Gasteiger partial charge on any atom is 0.410 e. The minimum Gasteiger partial charge on any atom is -0.401 e. The Labute approximate surface area is 122 Å². The summed E-state index contributed by atoms with van der Waals surface area (Å²) in [5.41, 5.74) is 4.77. The fraction of sp³-hybridized carbons (Fsp3) is 0.286. The second-order valence-corrected chi connectivity index (χ2v) is 4.89. The molecular weight excluding hydrogens is 310 g/mol. The van der Waals surface area contributed by atoms with Gasteiger partial charge in [0.05, 0.1) is 6.04 Å². The molecule has 0 aliphatic heterocycles. The lowest BCUT2D eigenvalue weighted by atomic mass is 9.69. The molecule has 0 amide bonds. The summed E-state index contributed by atoms with van der Waals surface area (Å²) in [6.45, 7) is 0. The highest BCUT2D eigenvalue weighted by molar-refractivity contribution is 5.74.